The Morgan fingerprint density at radius 1 is 0.315 bits per heavy atom. The van der Waals surface area contributed by atoms with Gasteiger partial charge in [0.1, 0.15) is 0 Å². The number of amides is 1. The maximum atomic E-state index is 12.5. The lowest BCUT2D eigenvalue weighted by Gasteiger charge is -2.20. The first kappa shape index (κ1) is 86.6. The highest BCUT2D eigenvalue weighted by molar-refractivity contribution is 5.76. The van der Waals surface area contributed by atoms with Gasteiger partial charge in [0.2, 0.25) is 5.91 Å². The molecule has 6 heteroatoms. The fraction of sp³-hybridized carbons (Fsp3) is 0.855. The van der Waals surface area contributed by atoms with Gasteiger partial charge < -0.3 is 20.3 Å². The Kier molecular flexibility index (Phi) is 75.9. The van der Waals surface area contributed by atoms with Crippen molar-refractivity contribution in [3.8, 4) is 0 Å². The largest absolute Gasteiger partial charge is 0.466 e. The van der Waals surface area contributed by atoms with Crippen molar-refractivity contribution in [2.75, 3.05) is 13.2 Å². The van der Waals surface area contributed by atoms with Crippen molar-refractivity contribution in [3.63, 3.8) is 0 Å². The number of ether oxygens (including phenoxy) is 1. The van der Waals surface area contributed by atoms with Gasteiger partial charge in [0, 0.05) is 12.8 Å². The zero-order valence-electron chi connectivity index (χ0n) is 59.9. The van der Waals surface area contributed by atoms with Crippen LogP contribution in [0, 0.1) is 0 Å². The Morgan fingerprint density at radius 2 is 0.562 bits per heavy atom. The minimum Gasteiger partial charge on any atom is -0.466 e. The van der Waals surface area contributed by atoms with Gasteiger partial charge in [-0.1, -0.05) is 383 Å². The molecule has 1 amide bonds. The van der Waals surface area contributed by atoms with Crippen LogP contribution in [-0.2, 0) is 14.3 Å². The first-order valence-corrected chi connectivity index (χ1v) is 40.1. The molecule has 0 aromatic heterocycles. The molecule has 0 saturated carbocycles. The highest BCUT2D eigenvalue weighted by Crippen LogP contribution is 2.19. The molecule has 6 nitrogen and oxygen atoms in total. The lowest BCUT2D eigenvalue weighted by molar-refractivity contribution is -0.143. The monoisotopic (exact) mass is 1250 g/mol. The van der Waals surface area contributed by atoms with E-state index in [9.17, 15) is 19.8 Å². The molecule has 0 heterocycles. The van der Waals surface area contributed by atoms with E-state index in [1.807, 2.05) is 6.08 Å². The lowest BCUT2D eigenvalue weighted by Crippen LogP contribution is -2.45. The molecule has 89 heavy (non-hydrogen) atoms. The minimum atomic E-state index is -0.845. The number of carbonyl (C=O) groups is 2. The summed E-state index contributed by atoms with van der Waals surface area (Å²) in [6.07, 6.45) is 105. The van der Waals surface area contributed by atoms with E-state index in [0.29, 0.717) is 19.4 Å². The number of carbonyl (C=O) groups excluding carboxylic acids is 2. The van der Waals surface area contributed by atoms with Crippen molar-refractivity contribution in [2.24, 2.45) is 0 Å². The molecule has 0 aliphatic carbocycles. The quantitative estimate of drug-likeness (QED) is 0.0320. The van der Waals surface area contributed by atoms with Crippen molar-refractivity contribution >= 4 is 11.9 Å². The summed E-state index contributed by atoms with van der Waals surface area (Å²) in [6, 6.07) is -0.628. The summed E-state index contributed by atoms with van der Waals surface area (Å²) in [7, 11) is 0. The van der Waals surface area contributed by atoms with E-state index in [2.05, 4.69) is 67.8 Å². The second-order valence-corrected chi connectivity index (χ2v) is 27.4. The number of allylic oxidation sites excluding steroid dienone is 9. The van der Waals surface area contributed by atoms with E-state index in [0.717, 1.165) is 57.8 Å². The molecule has 0 rings (SSSR count). The summed E-state index contributed by atoms with van der Waals surface area (Å²) in [5.41, 5.74) is 0. The van der Waals surface area contributed by atoms with E-state index in [1.165, 1.54) is 347 Å². The van der Waals surface area contributed by atoms with Gasteiger partial charge >= 0.3 is 5.97 Å². The second-order valence-electron chi connectivity index (χ2n) is 27.4. The molecule has 0 radical (unpaired) electrons. The number of aliphatic hydroxyl groups excluding tert-OH is 2. The molecule has 0 bridgehead atoms. The van der Waals surface area contributed by atoms with E-state index in [4.69, 9.17) is 4.74 Å². The van der Waals surface area contributed by atoms with Crippen molar-refractivity contribution in [3.05, 3.63) is 60.8 Å². The molecular formula is C83H155NO5. The van der Waals surface area contributed by atoms with Gasteiger partial charge in [-0.25, -0.2) is 0 Å². The highest BCUT2D eigenvalue weighted by Gasteiger charge is 2.18. The molecular weight excluding hydrogens is 1090 g/mol. The zero-order chi connectivity index (χ0) is 64.2. The SMILES string of the molecule is CCCCCC/C=C\C/C=C\CCCCCCCC(=O)OCCCCCCCCCCCCC/C=C\C/C=C\CCCCCCCCCCCCCCCCCCCC(=O)NC(CO)C(O)/C=C/CCCCCCCCCCCCCCCCCCCCC. The number of rotatable bonds is 75. The third kappa shape index (κ3) is 74.5. The van der Waals surface area contributed by atoms with Crippen LogP contribution in [0.5, 0.6) is 0 Å². The number of esters is 1. The number of aliphatic hydroxyl groups is 2. The smallest absolute Gasteiger partial charge is 0.305 e. The van der Waals surface area contributed by atoms with Gasteiger partial charge in [0.15, 0.2) is 0 Å². The molecule has 0 saturated heterocycles. The van der Waals surface area contributed by atoms with Crippen LogP contribution in [0.2, 0.25) is 0 Å². The Bertz CT molecular complexity index is 1530. The lowest BCUT2D eigenvalue weighted by atomic mass is 10.0. The molecule has 0 aromatic carbocycles. The first-order valence-electron chi connectivity index (χ1n) is 40.1. The van der Waals surface area contributed by atoms with Gasteiger partial charge in [-0.15, -0.1) is 0 Å². The molecule has 0 aromatic rings. The number of hydrogen-bond donors (Lipinski definition) is 3. The molecule has 0 fully saturated rings. The van der Waals surface area contributed by atoms with Crippen LogP contribution >= 0.6 is 0 Å². The van der Waals surface area contributed by atoms with Crippen molar-refractivity contribution in [1.29, 1.82) is 0 Å². The predicted molar refractivity (Wildman–Crippen MR) is 393 cm³/mol. The number of nitrogens with one attached hydrogen (secondary N) is 1. The van der Waals surface area contributed by atoms with Gasteiger partial charge in [0.25, 0.3) is 0 Å². The third-order valence-electron chi connectivity index (χ3n) is 18.5. The van der Waals surface area contributed by atoms with Crippen LogP contribution in [0.1, 0.15) is 431 Å². The summed E-state index contributed by atoms with van der Waals surface area (Å²) in [6.45, 7) is 4.92. The van der Waals surface area contributed by atoms with E-state index < -0.39 is 12.1 Å². The number of hydrogen-bond acceptors (Lipinski definition) is 5. The summed E-state index contributed by atoms with van der Waals surface area (Å²) in [5, 5.41) is 23.3. The summed E-state index contributed by atoms with van der Waals surface area (Å²) in [5.74, 6) is -0.0586. The predicted octanol–water partition coefficient (Wildman–Crippen LogP) is 26.5. The van der Waals surface area contributed by atoms with Gasteiger partial charge in [-0.3, -0.25) is 9.59 Å². The van der Waals surface area contributed by atoms with Crippen LogP contribution in [0.4, 0.5) is 0 Å². The summed E-state index contributed by atoms with van der Waals surface area (Å²) < 4.78 is 5.49. The fourth-order valence-corrected chi connectivity index (χ4v) is 12.4. The highest BCUT2D eigenvalue weighted by atomic mass is 16.5. The van der Waals surface area contributed by atoms with E-state index in [1.54, 1.807) is 6.08 Å². The molecule has 522 valence electrons. The van der Waals surface area contributed by atoms with Crippen molar-refractivity contribution in [1.82, 2.24) is 5.32 Å². The third-order valence-corrected chi connectivity index (χ3v) is 18.5. The van der Waals surface area contributed by atoms with E-state index in [-0.39, 0.29) is 18.5 Å². The molecule has 2 unspecified atom stereocenters. The maximum absolute atomic E-state index is 12.5. The van der Waals surface area contributed by atoms with Crippen molar-refractivity contribution in [2.45, 2.75) is 443 Å². The Morgan fingerprint density at radius 3 is 0.865 bits per heavy atom. The second kappa shape index (κ2) is 78.0. The normalized spacial score (nSPS) is 12.8. The van der Waals surface area contributed by atoms with Gasteiger partial charge in [-0.2, -0.15) is 0 Å². The molecule has 3 N–H and O–H groups in total. The van der Waals surface area contributed by atoms with Crippen LogP contribution in [0.15, 0.2) is 60.8 Å². The van der Waals surface area contributed by atoms with Crippen LogP contribution < -0.4 is 5.32 Å². The zero-order valence-corrected chi connectivity index (χ0v) is 59.9. The minimum absolute atomic E-state index is 0.00326. The Balaban J connectivity index is 3.40. The fourth-order valence-electron chi connectivity index (χ4n) is 12.4. The molecule has 0 spiro atoms. The van der Waals surface area contributed by atoms with E-state index >= 15 is 0 Å². The molecule has 0 aliphatic heterocycles. The molecule has 2 atom stereocenters. The van der Waals surface area contributed by atoms with Crippen molar-refractivity contribution < 1.29 is 24.5 Å². The van der Waals surface area contributed by atoms with Crippen LogP contribution in [0.3, 0.4) is 0 Å². The van der Waals surface area contributed by atoms with Crippen LogP contribution in [-0.4, -0.2) is 47.4 Å². The topological polar surface area (TPSA) is 95.9 Å². The van der Waals surface area contributed by atoms with Gasteiger partial charge in [-0.05, 0) is 96.3 Å². The maximum Gasteiger partial charge on any atom is 0.305 e. The average Bonchev–Trinajstić information content (AvgIpc) is 3.55. The van der Waals surface area contributed by atoms with Gasteiger partial charge in [0.05, 0.1) is 25.4 Å². The molecule has 0 aliphatic rings. The first-order chi connectivity index (χ1) is 44.0. The van der Waals surface area contributed by atoms with Crippen LogP contribution in [0.25, 0.3) is 0 Å². The summed E-state index contributed by atoms with van der Waals surface area (Å²) >= 11 is 0. The Hall–Kier alpha value is -2.44. The Labute approximate surface area is 556 Å². The summed E-state index contributed by atoms with van der Waals surface area (Å²) in [4.78, 5) is 24.6. The number of unbranched alkanes of at least 4 members (excludes halogenated alkanes) is 56. The standard InChI is InChI=1S/C83H155NO5/c1-3-5-7-9-11-13-15-17-19-21-22-38-41-44-47-51-55-59-63-67-71-75-81(86)80(79-85)84-82(87)76-72-68-64-60-56-52-48-45-42-39-36-34-32-30-28-26-24-23-25-27-29-31-33-35-37-40-43-46-50-54-58-62-66-70-74-78-89-83(88)77-73-69-65-61-57-53-49-20-18-16-14-12-10-8-6-4-2/h14,16,20,25,27,31,33,49,71,75,80-81,85-86H,3-13,15,17-19,21-24,26,28-30,32,34-48,50-70,72-74,76-79H2,1-2H3,(H,84,87)/b16-14-,27-25-,33-31-,49-20-,75-71+. The average molecular weight is 1250 g/mol.